The lowest BCUT2D eigenvalue weighted by molar-refractivity contribution is -0.139. The highest BCUT2D eigenvalue weighted by Crippen LogP contribution is 1.83. The van der Waals surface area contributed by atoms with E-state index in [0.29, 0.717) is 39.6 Å². The van der Waals surface area contributed by atoms with Crippen molar-refractivity contribution in [1.82, 2.24) is 0 Å². The Bertz CT molecular complexity index is 215. The van der Waals surface area contributed by atoms with Crippen molar-refractivity contribution < 1.29 is 23.7 Å². The summed E-state index contributed by atoms with van der Waals surface area (Å²) < 4.78 is 20.2. The minimum absolute atomic E-state index is 0.229. The maximum absolute atomic E-state index is 10.6. The fourth-order valence-electron chi connectivity index (χ4n) is 0.867. The van der Waals surface area contributed by atoms with E-state index in [0.717, 1.165) is 6.08 Å². The fourth-order valence-corrected chi connectivity index (χ4v) is 0.867. The van der Waals surface area contributed by atoms with Crippen LogP contribution in [0.1, 0.15) is 0 Å². The molecular formula is C12H20O5. The average Bonchev–Trinajstić information content (AvgIpc) is 2.35. The van der Waals surface area contributed by atoms with Crippen molar-refractivity contribution in [3.8, 4) is 0 Å². The van der Waals surface area contributed by atoms with E-state index in [1.54, 1.807) is 6.08 Å². The second-order valence-corrected chi connectivity index (χ2v) is 2.96. The first-order chi connectivity index (χ1) is 8.31. The van der Waals surface area contributed by atoms with Crippen molar-refractivity contribution in [1.29, 1.82) is 0 Å². The molecule has 0 aromatic carbocycles. The molecular weight excluding hydrogens is 224 g/mol. The smallest absolute Gasteiger partial charge is 0.330 e. The standard InChI is InChI=1S/C12H20O5/c1-3-5-14-6-7-15-8-9-16-10-11-17-12(13)4-2/h3-4H,1-2,5-11H2. The molecule has 0 saturated heterocycles. The maximum Gasteiger partial charge on any atom is 0.330 e. The van der Waals surface area contributed by atoms with Gasteiger partial charge in [0.25, 0.3) is 0 Å². The molecule has 0 saturated carbocycles. The van der Waals surface area contributed by atoms with Crippen LogP contribution >= 0.6 is 0 Å². The molecule has 0 N–H and O–H groups in total. The fraction of sp³-hybridized carbons (Fsp3) is 0.583. The van der Waals surface area contributed by atoms with Crippen molar-refractivity contribution in [2.75, 3.05) is 46.2 Å². The SMILES string of the molecule is C=CCOCCOCCOCCOC(=O)C=C. The largest absolute Gasteiger partial charge is 0.460 e. The topological polar surface area (TPSA) is 54.0 Å². The monoisotopic (exact) mass is 244 g/mol. The summed E-state index contributed by atoms with van der Waals surface area (Å²) in [6, 6.07) is 0. The summed E-state index contributed by atoms with van der Waals surface area (Å²) in [5, 5.41) is 0. The lowest BCUT2D eigenvalue weighted by Crippen LogP contribution is -2.13. The summed E-state index contributed by atoms with van der Waals surface area (Å²) in [6.45, 7) is 9.96. The van der Waals surface area contributed by atoms with E-state index < -0.39 is 5.97 Å². The van der Waals surface area contributed by atoms with E-state index in [-0.39, 0.29) is 6.61 Å². The molecule has 5 nitrogen and oxygen atoms in total. The van der Waals surface area contributed by atoms with E-state index in [1.165, 1.54) is 0 Å². The lowest BCUT2D eigenvalue weighted by Gasteiger charge is -2.06. The van der Waals surface area contributed by atoms with Crippen molar-refractivity contribution in [3.05, 3.63) is 25.3 Å². The minimum Gasteiger partial charge on any atom is -0.460 e. The zero-order chi connectivity index (χ0) is 12.8. The van der Waals surface area contributed by atoms with Crippen LogP contribution in [0.25, 0.3) is 0 Å². The first-order valence-electron chi connectivity index (χ1n) is 5.44. The van der Waals surface area contributed by atoms with Gasteiger partial charge >= 0.3 is 5.97 Å². The molecule has 0 amide bonds. The van der Waals surface area contributed by atoms with Gasteiger partial charge in [0.15, 0.2) is 0 Å². The summed E-state index contributed by atoms with van der Waals surface area (Å²) in [5.41, 5.74) is 0. The number of hydrogen-bond acceptors (Lipinski definition) is 5. The Hall–Kier alpha value is -1.17. The Kier molecular flexibility index (Phi) is 12.0. The molecule has 0 radical (unpaired) electrons. The van der Waals surface area contributed by atoms with Crippen LogP contribution in [0.2, 0.25) is 0 Å². The summed E-state index contributed by atoms with van der Waals surface area (Å²) in [4.78, 5) is 10.6. The van der Waals surface area contributed by atoms with Crippen LogP contribution in [-0.2, 0) is 23.7 Å². The first-order valence-corrected chi connectivity index (χ1v) is 5.44. The van der Waals surface area contributed by atoms with Gasteiger partial charge in [-0.1, -0.05) is 12.7 Å². The molecule has 0 atom stereocenters. The van der Waals surface area contributed by atoms with Crippen molar-refractivity contribution in [3.63, 3.8) is 0 Å². The summed E-state index contributed by atoms with van der Waals surface area (Å²) >= 11 is 0. The van der Waals surface area contributed by atoms with E-state index in [2.05, 4.69) is 13.2 Å². The average molecular weight is 244 g/mol. The molecule has 0 aromatic rings. The molecule has 0 spiro atoms. The number of carbonyl (C=O) groups is 1. The Labute approximate surface area is 102 Å². The van der Waals surface area contributed by atoms with Gasteiger partial charge in [-0.2, -0.15) is 0 Å². The Balaban J connectivity index is 3.01. The van der Waals surface area contributed by atoms with Gasteiger partial charge < -0.3 is 18.9 Å². The summed E-state index contributed by atoms with van der Waals surface area (Å²) in [7, 11) is 0. The second-order valence-electron chi connectivity index (χ2n) is 2.96. The quantitative estimate of drug-likeness (QED) is 0.221. The zero-order valence-electron chi connectivity index (χ0n) is 10.1. The van der Waals surface area contributed by atoms with Crippen LogP contribution in [0.15, 0.2) is 25.3 Å². The van der Waals surface area contributed by atoms with Gasteiger partial charge in [-0.15, -0.1) is 6.58 Å². The molecule has 5 heteroatoms. The Morgan fingerprint density at radius 3 is 1.94 bits per heavy atom. The van der Waals surface area contributed by atoms with Crippen LogP contribution in [0, 0.1) is 0 Å². The predicted octanol–water partition coefficient (Wildman–Crippen LogP) is 0.951. The van der Waals surface area contributed by atoms with Gasteiger partial charge in [0.05, 0.1) is 39.6 Å². The molecule has 0 aromatic heterocycles. The van der Waals surface area contributed by atoms with Crippen LogP contribution < -0.4 is 0 Å². The molecule has 0 bridgehead atoms. The van der Waals surface area contributed by atoms with E-state index in [9.17, 15) is 4.79 Å². The highest BCUT2D eigenvalue weighted by atomic mass is 16.6. The van der Waals surface area contributed by atoms with Crippen molar-refractivity contribution in [2.45, 2.75) is 0 Å². The van der Waals surface area contributed by atoms with E-state index in [1.807, 2.05) is 0 Å². The van der Waals surface area contributed by atoms with Crippen molar-refractivity contribution >= 4 is 5.97 Å². The highest BCUT2D eigenvalue weighted by Gasteiger charge is 1.95. The molecule has 0 fully saturated rings. The molecule has 0 rings (SSSR count). The third-order valence-corrected chi connectivity index (χ3v) is 1.62. The molecule has 0 aliphatic heterocycles. The van der Waals surface area contributed by atoms with Crippen LogP contribution in [0.5, 0.6) is 0 Å². The molecule has 17 heavy (non-hydrogen) atoms. The van der Waals surface area contributed by atoms with Gasteiger partial charge in [0.2, 0.25) is 0 Å². The van der Waals surface area contributed by atoms with Gasteiger partial charge in [-0.05, 0) is 0 Å². The first kappa shape index (κ1) is 15.8. The molecule has 0 heterocycles. The van der Waals surface area contributed by atoms with Crippen LogP contribution in [0.4, 0.5) is 0 Å². The Morgan fingerprint density at radius 2 is 1.41 bits per heavy atom. The molecule has 0 aliphatic carbocycles. The number of hydrogen-bond donors (Lipinski definition) is 0. The third-order valence-electron chi connectivity index (χ3n) is 1.62. The van der Waals surface area contributed by atoms with E-state index >= 15 is 0 Å². The van der Waals surface area contributed by atoms with Gasteiger partial charge in [0.1, 0.15) is 6.61 Å². The normalized spacial score (nSPS) is 9.88. The minimum atomic E-state index is -0.441. The van der Waals surface area contributed by atoms with E-state index in [4.69, 9.17) is 18.9 Å². The van der Waals surface area contributed by atoms with Gasteiger partial charge in [-0.25, -0.2) is 4.79 Å². The van der Waals surface area contributed by atoms with Gasteiger partial charge in [0, 0.05) is 6.08 Å². The number of esters is 1. The summed E-state index contributed by atoms with van der Waals surface area (Å²) in [5.74, 6) is -0.441. The molecule has 0 unspecified atom stereocenters. The highest BCUT2D eigenvalue weighted by molar-refractivity contribution is 5.81. The zero-order valence-corrected chi connectivity index (χ0v) is 10.1. The number of carbonyl (C=O) groups excluding carboxylic acids is 1. The number of ether oxygens (including phenoxy) is 4. The predicted molar refractivity (Wildman–Crippen MR) is 63.8 cm³/mol. The third kappa shape index (κ3) is 12.8. The number of rotatable bonds is 12. The Morgan fingerprint density at radius 1 is 0.882 bits per heavy atom. The maximum atomic E-state index is 10.6. The molecule has 98 valence electrons. The van der Waals surface area contributed by atoms with Gasteiger partial charge in [-0.3, -0.25) is 0 Å². The molecule has 0 aliphatic rings. The van der Waals surface area contributed by atoms with Crippen molar-refractivity contribution in [2.24, 2.45) is 0 Å². The lowest BCUT2D eigenvalue weighted by atomic mass is 10.6. The van der Waals surface area contributed by atoms with Crippen LogP contribution in [-0.4, -0.2) is 52.2 Å². The van der Waals surface area contributed by atoms with Crippen LogP contribution in [0.3, 0.4) is 0 Å². The summed E-state index contributed by atoms with van der Waals surface area (Å²) in [6.07, 6.45) is 2.81. The second kappa shape index (κ2) is 12.9.